The molecule has 0 aliphatic carbocycles. The average Bonchev–Trinajstić information content (AvgIpc) is 2.77. The largest absolute Gasteiger partial charge is 0.390 e. The monoisotopic (exact) mass is 346 g/mol. The van der Waals surface area contributed by atoms with Crippen LogP contribution < -0.4 is 0 Å². The molecule has 1 N–H and O–H groups in total. The first kappa shape index (κ1) is 20.8. The molecule has 0 aromatic carbocycles. The highest BCUT2D eigenvalue weighted by Gasteiger charge is 2.37. The molecule has 0 amide bonds. The highest BCUT2D eigenvalue weighted by atomic mass is 28.3. The van der Waals surface area contributed by atoms with Crippen LogP contribution in [0.1, 0.15) is 27.2 Å². The van der Waals surface area contributed by atoms with Crippen molar-refractivity contribution in [2.24, 2.45) is 0 Å². The fraction of sp³-hybridized carbons (Fsp3) is 0.882. The summed E-state index contributed by atoms with van der Waals surface area (Å²) >= 11 is 0. The highest BCUT2D eigenvalue weighted by Crippen LogP contribution is 2.26. The molecule has 1 aliphatic heterocycles. The topological polar surface area (TPSA) is 57.2 Å². The van der Waals surface area contributed by atoms with Crippen LogP contribution in [0.4, 0.5) is 0 Å². The van der Waals surface area contributed by atoms with E-state index in [2.05, 4.69) is 26.2 Å². The van der Waals surface area contributed by atoms with E-state index in [4.69, 9.17) is 18.9 Å². The first-order valence-electron chi connectivity index (χ1n) is 8.37. The standard InChI is InChI=1S/C17H34O5Si/c1-13(10-15(18)16-11-21-17(3,4)22-16)14(2)20-12-19-8-9-23(5,6)7/h14-16,18H,1,8-12H2,2-7H3/t14-,15+,16-/m1/s1. The zero-order valence-corrected chi connectivity index (χ0v) is 16.6. The van der Waals surface area contributed by atoms with Crippen LogP contribution in [0.2, 0.25) is 25.7 Å². The van der Waals surface area contributed by atoms with Crippen molar-refractivity contribution in [1.29, 1.82) is 0 Å². The summed E-state index contributed by atoms with van der Waals surface area (Å²) in [4.78, 5) is 0. The summed E-state index contributed by atoms with van der Waals surface area (Å²) in [7, 11) is -1.06. The highest BCUT2D eigenvalue weighted by molar-refractivity contribution is 6.76. The zero-order chi connectivity index (χ0) is 17.7. The van der Waals surface area contributed by atoms with E-state index in [1.54, 1.807) is 0 Å². The maximum atomic E-state index is 10.3. The third-order valence-corrected chi connectivity index (χ3v) is 5.61. The number of hydrogen-bond acceptors (Lipinski definition) is 5. The fourth-order valence-electron chi connectivity index (χ4n) is 2.18. The Morgan fingerprint density at radius 3 is 2.57 bits per heavy atom. The van der Waals surface area contributed by atoms with Gasteiger partial charge in [-0.15, -0.1) is 0 Å². The summed E-state index contributed by atoms with van der Waals surface area (Å²) in [5.41, 5.74) is 0.833. The van der Waals surface area contributed by atoms with Crippen LogP contribution in [0.25, 0.3) is 0 Å². The second-order valence-electron chi connectivity index (χ2n) is 7.94. The van der Waals surface area contributed by atoms with Gasteiger partial charge in [-0.3, -0.25) is 0 Å². The minimum atomic E-state index is -1.06. The first-order chi connectivity index (χ1) is 10.5. The zero-order valence-electron chi connectivity index (χ0n) is 15.6. The van der Waals surface area contributed by atoms with Gasteiger partial charge in [-0.2, -0.15) is 0 Å². The summed E-state index contributed by atoms with van der Waals surface area (Å²) in [5.74, 6) is -0.626. The number of rotatable bonds is 10. The molecule has 23 heavy (non-hydrogen) atoms. The average molecular weight is 347 g/mol. The number of aliphatic hydroxyl groups excluding tert-OH is 1. The molecule has 1 heterocycles. The van der Waals surface area contributed by atoms with E-state index in [0.29, 0.717) is 13.0 Å². The molecule has 1 saturated heterocycles. The lowest BCUT2D eigenvalue weighted by Crippen LogP contribution is -2.32. The molecular formula is C17H34O5Si. The molecule has 3 atom stereocenters. The molecule has 0 aromatic heterocycles. The molecular weight excluding hydrogens is 312 g/mol. The van der Waals surface area contributed by atoms with Crippen molar-refractivity contribution in [3.05, 3.63) is 12.2 Å². The minimum Gasteiger partial charge on any atom is -0.390 e. The van der Waals surface area contributed by atoms with E-state index in [-0.39, 0.29) is 19.0 Å². The van der Waals surface area contributed by atoms with Crippen molar-refractivity contribution >= 4 is 8.07 Å². The van der Waals surface area contributed by atoms with Gasteiger partial charge < -0.3 is 24.1 Å². The van der Waals surface area contributed by atoms with Gasteiger partial charge in [0.2, 0.25) is 0 Å². The summed E-state index contributed by atoms with van der Waals surface area (Å²) in [6.07, 6.45) is -0.683. The van der Waals surface area contributed by atoms with E-state index in [0.717, 1.165) is 18.2 Å². The number of ether oxygens (including phenoxy) is 4. The predicted octanol–water partition coefficient (Wildman–Crippen LogP) is 3.16. The maximum Gasteiger partial charge on any atom is 0.163 e. The van der Waals surface area contributed by atoms with E-state index < -0.39 is 20.0 Å². The molecule has 136 valence electrons. The SMILES string of the molecule is C=C(C[C@H](O)[C@H]1COC(C)(C)O1)[C@@H](C)OCOCC[Si](C)(C)C. The molecule has 0 unspecified atom stereocenters. The quantitative estimate of drug-likeness (QED) is 0.285. The van der Waals surface area contributed by atoms with Crippen LogP contribution in [0.15, 0.2) is 12.2 Å². The van der Waals surface area contributed by atoms with Gasteiger partial charge in [0.05, 0.1) is 18.8 Å². The Bertz CT molecular complexity index is 378. The lowest BCUT2D eigenvalue weighted by molar-refractivity contribution is -0.151. The molecule has 1 fully saturated rings. The second kappa shape index (κ2) is 8.74. The third kappa shape index (κ3) is 8.42. The molecule has 0 radical (unpaired) electrons. The van der Waals surface area contributed by atoms with Gasteiger partial charge in [-0.1, -0.05) is 26.2 Å². The van der Waals surface area contributed by atoms with Crippen molar-refractivity contribution in [1.82, 2.24) is 0 Å². The minimum absolute atomic E-state index is 0.160. The Balaban J connectivity index is 2.21. The molecule has 0 saturated carbocycles. The van der Waals surface area contributed by atoms with Crippen LogP contribution in [-0.4, -0.2) is 57.3 Å². The molecule has 5 nitrogen and oxygen atoms in total. The van der Waals surface area contributed by atoms with Crippen molar-refractivity contribution in [2.45, 2.75) is 77.0 Å². The van der Waals surface area contributed by atoms with Crippen molar-refractivity contribution in [3.8, 4) is 0 Å². The summed E-state index contributed by atoms with van der Waals surface area (Å²) < 4.78 is 22.3. The van der Waals surface area contributed by atoms with Crippen molar-refractivity contribution < 1.29 is 24.1 Å². The normalized spacial score (nSPS) is 23.7. The van der Waals surface area contributed by atoms with E-state index in [1.165, 1.54) is 0 Å². The van der Waals surface area contributed by atoms with Gasteiger partial charge in [0, 0.05) is 14.7 Å². The van der Waals surface area contributed by atoms with Gasteiger partial charge in [-0.25, -0.2) is 0 Å². The first-order valence-corrected chi connectivity index (χ1v) is 12.1. The Kier molecular flexibility index (Phi) is 7.90. The van der Waals surface area contributed by atoms with E-state index >= 15 is 0 Å². The summed E-state index contributed by atoms with van der Waals surface area (Å²) in [6.45, 7) is 18.0. The maximum absolute atomic E-state index is 10.3. The van der Waals surface area contributed by atoms with Crippen LogP contribution in [0, 0.1) is 0 Å². The van der Waals surface area contributed by atoms with Crippen molar-refractivity contribution in [3.63, 3.8) is 0 Å². The van der Waals surface area contributed by atoms with Gasteiger partial charge in [-0.05, 0) is 38.8 Å². The molecule has 1 aliphatic rings. The van der Waals surface area contributed by atoms with Gasteiger partial charge >= 0.3 is 0 Å². The van der Waals surface area contributed by atoms with Crippen LogP contribution in [-0.2, 0) is 18.9 Å². The Morgan fingerprint density at radius 2 is 2.04 bits per heavy atom. The van der Waals surface area contributed by atoms with Crippen LogP contribution in [0.3, 0.4) is 0 Å². The predicted molar refractivity (Wildman–Crippen MR) is 94.2 cm³/mol. The Labute approximate surface area is 142 Å². The third-order valence-electron chi connectivity index (χ3n) is 3.90. The fourth-order valence-corrected chi connectivity index (χ4v) is 2.93. The van der Waals surface area contributed by atoms with E-state index in [9.17, 15) is 5.11 Å². The van der Waals surface area contributed by atoms with E-state index in [1.807, 2.05) is 20.8 Å². The van der Waals surface area contributed by atoms with Gasteiger partial charge in [0.25, 0.3) is 0 Å². The smallest absolute Gasteiger partial charge is 0.163 e. The van der Waals surface area contributed by atoms with Crippen LogP contribution >= 0.6 is 0 Å². The molecule has 0 spiro atoms. The lowest BCUT2D eigenvalue weighted by Gasteiger charge is -2.23. The molecule has 1 rings (SSSR count). The van der Waals surface area contributed by atoms with Crippen molar-refractivity contribution in [2.75, 3.05) is 20.0 Å². The summed E-state index contributed by atoms with van der Waals surface area (Å²) in [6, 6.07) is 1.12. The Morgan fingerprint density at radius 1 is 1.39 bits per heavy atom. The van der Waals surface area contributed by atoms with Gasteiger partial charge in [0.1, 0.15) is 12.9 Å². The Hall–Kier alpha value is -0.243. The summed E-state index contributed by atoms with van der Waals surface area (Å²) in [5, 5.41) is 10.3. The van der Waals surface area contributed by atoms with Crippen LogP contribution in [0.5, 0.6) is 0 Å². The molecule has 6 heteroatoms. The number of aliphatic hydroxyl groups is 1. The van der Waals surface area contributed by atoms with Gasteiger partial charge in [0.15, 0.2) is 5.79 Å². The molecule has 0 bridgehead atoms. The number of hydrogen-bond donors (Lipinski definition) is 1. The lowest BCUT2D eigenvalue weighted by atomic mass is 10.0. The second-order valence-corrected chi connectivity index (χ2v) is 13.6. The molecule has 0 aromatic rings.